The van der Waals surface area contributed by atoms with Crippen molar-refractivity contribution < 1.29 is 0 Å². The van der Waals surface area contributed by atoms with E-state index in [-0.39, 0.29) is 11.2 Å². The standard InChI is InChI=1S/C16H18N2O2/c19-15-13-8-4-5-9-14(13)17-16(20)18(15)11-10-12-6-2-1-3-7-12/h4-6,8-9H,1-3,7,10-11H2,(H,17,20). The Bertz CT molecular complexity index is 768. The van der Waals surface area contributed by atoms with E-state index in [2.05, 4.69) is 11.1 Å². The topological polar surface area (TPSA) is 54.9 Å². The Hall–Kier alpha value is -2.10. The zero-order chi connectivity index (χ0) is 13.9. The normalized spacial score (nSPS) is 15.3. The molecule has 0 radical (unpaired) electrons. The first-order valence-corrected chi connectivity index (χ1v) is 7.15. The van der Waals surface area contributed by atoms with Crippen molar-refractivity contribution >= 4 is 10.9 Å². The molecule has 20 heavy (non-hydrogen) atoms. The molecule has 4 heteroatoms. The zero-order valence-electron chi connectivity index (χ0n) is 11.4. The fourth-order valence-electron chi connectivity index (χ4n) is 2.79. The number of nitrogens with zero attached hydrogens (tertiary/aromatic N) is 1. The molecule has 104 valence electrons. The maximum absolute atomic E-state index is 12.3. The summed E-state index contributed by atoms with van der Waals surface area (Å²) in [4.78, 5) is 27.1. The van der Waals surface area contributed by atoms with Crippen LogP contribution in [0.3, 0.4) is 0 Å². The van der Waals surface area contributed by atoms with Crippen molar-refractivity contribution in [1.29, 1.82) is 0 Å². The zero-order valence-corrected chi connectivity index (χ0v) is 11.4. The quantitative estimate of drug-likeness (QED) is 0.871. The number of aromatic nitrogens is 2. The highest BCUT2D eigenvalue weighted by atomic mass is 16.2. The molecule has 0 atom stereocenters. The van der Waals surface area contributed by atoms with Gasteiger partial charge in [0.25, 0.3) is 5.56 Å². The van der Waals surface area contributed by atoms with Crippen LogP contribution in [0, 0.1) is 0 Å². The van der Waals surface area contributed by atoms with Crippen molar-refractivity contribution in [2.75, 3.05) is 0 Å². The van der Waals surface area contributed by atoms with Gasteiger partial charge in [0.2, 0.25) is 0 Å². The van der Waals surface area contributed by atoms with Gasteiger partial charge in [0, 0.05) is 6.54 Å². The summed E-state index contributed by atoms with van der Waals surface area (Å²) in [5, 5.41) is 0.574. The highest BCUT2D eigenvalue weighted by Crippen LogP contribution is 2.20. The van der Waals surface area contributed by atoms with Gasteiger partial charge in [0.15, 0.2) is 0 Å². The Kier molecular flexibility index (Phi) is 3.54. The van der Waals surface area contributed by atoms with Crippen molar-refractivity contribution in [3.63, 3.8) is 0 Å². The number of H-pyrrole nitrogens is 1. The van der Waals surface area contributed by atoms with Crippen LogP contribution in [0.4, 0.5) is 0 Å². The van der Waals surface area contributed by atoms with Crippen LogP contribution in [-0.2, 0) is 6.54 Å². The number of hydrogen-bond donors (Lipinski definition) is 1. The lowest BCUT2D eigenvalue weighted by molar-refractivity contribution is 0.596. The van der Waals surface area contributed by atoms with Gasteiger partial charge in [0.05, 0.1) is 10.9 Å². The summed E-state index contributed by atoms with van der Waals surface area (Å²) in [5.74, 6) is 0. The summed E-state index contributed by atoms with van der Waals surface area (Å²) in [5.41, 5.74) is 1.47. The van der Waals surface area contributed by atoms with Gasteiger partial charge in [-0.1, -0.05) is 23.8 Å². The smallest absolute Gasteiger partial charge is 0.307 e. The molecule has 0 aliphatic heterocycles. The van der Waals surface area contributed by atoms with Gasteiger partial charge in [-0.2, -0.15) is 0 Å². The van der Waals surface area contributed by atoms with Gasteiger partial charge in [-0.3, -0.25) is 9.36 Å². The van der Waals surface area contributed by atoms with Crippen molar-refractivity contribution in [3.8, 4) is 0 Å². The largest absolute Gasteiger partial charge is 0.328 e. The third-order valence-electron chi connectivity index (χ3n) is 3.93. The lowest BCUT2D eigenvalue weighted by Gasteiger charge is -2.13. The minimum Gasteiger partial charge on any atom is -0.307 e. The van der Waals surface area contributed by atoms with Crippen molar-refractivity contribution in [3.05, 3.63) is 56.8 Å². The molecule has 0 amide bonds. The Labute approximate surface area is 116 Å². The maximum Gasteiger partial charge on any atom is 0.328 e. The fourth-order valence-corrected chi connectivity index (χ4v) is 2.79. The van der Waals surface area contributed by atoms with Gasteiger partial charge >= 0.3 is 5.69 Å². The van der Waals surface area contributed by atoms with Crippen LogP contribution in [-0.4, -0.2) is 9.55 Å². The molecule has 0 saturated heterocycles. The highest BCUT2D eigenvalue weighted by molar-refractivity contribution is 5.76. The van der Waals surface area contributed by atoms with E-state index in [0.717, 1.165) is 19.3 Å². The molecule has 1 aromatic carbocycles. The Balaban J connectivity index is 1.93. The summed E-state index contributed by atoms with van der Waals surface area (Å²) in [6.45, 7) is 0.463. The number of fused-ring (bicyclic) bond motifs is 1. The van der Waals surface area contributed by atoms with Crippen LogP contribution in [0.5, 0.6) is 0 Å². The first-order chi connectivity index (χ1) is 9.75. The molecular formula is C16H18N2O2. The van der Waals surface area contributed by atoms with Crippen molar-refractivity contribution in [2.45, 2.75) is 38.6 Å². The molecule has 3 rings (SSSR count). The molecule has 1 aromatic heterocycles. The second kappa shape index (κ2) is 5.49. The number of allylic oxidation sites excluding steroid dienone is 2. The maximum atomic E-state index is 12.3. The van der Waals surface area contributed by atoms with Gasteiger partial charge in [-0.15, -0.1) is 0 Å². The van der Waals surface area contributed by atoms with E-state index in [1.807, 2.05) is 12.1 Å². The molecule has 0 unspecified atom stereocenters. The number of aromatic amines is 1. The minimum absolute atomic E-state index is 0.194. The van der Waals surface area contributed by atoms with Crippen LogP contribution in [0.25, 0.3) is 10.9 Å². The lowest BCUT2D eigenvalue weighted by atomic mass is 9.97. The molecule has 0 fully saturated rings. The summed E-state index contributed by atoms with van der Waals surface area (Å²) in [7, 11) is 0. The molecule has 1 N–H and O–H groups in total. The molecule has 4 nitrogen and oxygen atoms in total. The molecule has 0 spiro atoms. The molecule has 1 aliphatic carbocycles. The van der Waals surface area contributed by atoms with Gasteiger partial charge < -0.3 is 4.98 Å². The highest BCUT2D eigenvalue weighted by Gasteiger charge is 2.09. The molecule has 0 bridgehead atoms. The predicted octanol–water partition coefficient (Wildman–Crippen LogP) is 2.58. The SMILES string of the molecule is O=c1[nH]c2ccccc2c(=O)n1CCC1=CCCCC1. The van der Waals surface area contributed by atoms with Crippen LogP contribution < -0.4 is 11.2 Å². The van der Waals surface area contributed by atoms with E-state index in [4.69, 9.17) is 0 Å². The lowest BCUT2D eigenvalue weighted by Crippen LogP contribution is -2.35. The van der Waals surface area contributed by atoms with Crippen LogP contribution in [0.1, 0.15) is 32.1 Å². The van der Waals surface area contributed by atoms with Gasteiger partial charge in [-0.25, -0.2) is 4.79 Å². The summed E-state index contributed by atoms with van der Waals surface area (Å²) in [6.07, 6.45) is 7.73. The molecule has 1 aliphatic rings. The monoisotopic (exact) mass is 270 g/mol. The molecular weight excluding hydrogens is 252 g/mol. The molecule has 1 heterocycles. The van der Waals surface area contributed by atoms with Crippen LogP contribution >= 0.6 is 0 Å². The number of para-hydroxylation sites is 1. The third-order valence-corrected chi connectivity index (χ3v) is 3.93. The van der Waals surface area contributed by atoms with E-state index in [1.54, 1.807) is 12.1 Å². The molecule has 0 saturated carbocycles. The Morgan fingerprint density at radius 1 is 1.15 bits per heavy atom. The third kappa shape index (κ3) is 2.46. The van der Waals surface area contributed by atoms with Crippen LogP contribution in [0.15, 0.2) is 45.5 Å². The minimum atomic E-state index is -0.315. The van der Waals surface area contributed by atoms with Crippen LogP contribution in [0.2, 0.25) is 0 Å². The van der Waals surface area contributed by atoms with Gasteiger partial charge in [-0.05, 0) is 44.2 Å². The van der Waals surface area contributed by atoms with E-state index in [9.17, 15) is 9.59 Å². The number of nitrogens with one attached hydrogen (secondary N) is 1. The second-order valence-electron chi connectivity index (χ2n) is 5.29. The summed E-state index contributed by atoms with van der Waals surface area (Å²) < 4.78 is 1.32. The van der Waals surface area contributed by atoms with E-state index in [0.29, 0.717) is 17.4 Å². The second-order valence-corrected chi connectivity index (χ2v) is 5.29. The van der Waals surface area contributed by atoms with E-state index >= 15 is 0 Å². The number of hydrogen-bond acceptors (Lipinski definition) is 2. The fraction of sp³-hybridized carbons (Fsp3) is 0.375. The van der Waals surface area contributed by atoms with E-state index in [1.165, 1.54) is 23.0 Å². The average molecular weight is 270 g/mol. The predicted molar refractivity (Wildman–Crippen MR) is 80.0 cm³/mol. The van der Waals surface area contributed by atoms with E-state index < -0.39 is 0 Å². The Morgan fingerprint density at radius 3 is 2.80 bits per heavy atom. The number of benzene rings is 1. The van der Waals surface area contributed by atoms with Crippen molar-refractivity contribution in [2.24, 2.45) is 0 Å². The summed E-state index contributed by atoms with van der Waals surface area (Å²) >= 11 is 0. The van der Waals surface area contributed by atoms with Crippen molar-refractivity contribution in [1.82, 2.24) is 9.55 Å². The molecule has 2 aromatic rings. The number of rotatable bonds is 3. The first kappa shape index (κ1) is 12.9. The van der Waals surface area contributed by atoms with Gasteiger partial charge in [0.1, 0.15) is 0 Å². The summed E-state index contributed by atoms with van der Waals surface area (Å²) in [6, 6.07) is 7.14. The first-order valence-electron chi connectivity index (χ1n) is 7.15. The Morgan fingerprint density at radius 2 is 2.00 bits per heavy atom. The average Bonchev–Trinajstić information content (AvgIpc) is 2.48.